The first kappa shape index (κ1) is 16.0. The minimum atomic E-state index is 0.0978. The Kier molecular flexibility index (Phi) is 4.69. The fraction of sp³-hybridized carbons (Fsp3) is 0.579. The van der Waals surface area contributed by atoms with Gasteiger partial charge in [-0.3, -0.25) is 9.59 Å². The van der Waals surface area contributed by atoms with Gasteiger partial charge in [-0.1, -0.05) is 13.8 Å². The number of carbonyl (C=O) groups is 2. The zero-order chi connectivity index (χ0) is 16.4. The Hall–Kier alpha value is -1.84. The predicted molar refractivity (Wildman–Crippen MR) is 91.3 cm³/mol. The molecule has 1 N–H and O–H groups in total. The Bertz CT molecular complexity index is 572. The number of hydrogen-bond acceptors (Lipinski definition) is 2. The number of nitrogens with one attached hydrogen (secondary N) is 1. The van der Waals surface area contributed by atoms with Gasteiger partial charge >= 0.3 is 0 Å². The molecule has 0 radical (unpaired) electrons. The smallest absolute Gasteiger partial charge is 0.254 e. The van der Waals surface area contributed by atoms with Crippen molar-refractivity contribution in [1.82, 2.24) is 4.90 Å². The Labute approximate surface area is 138 Å². The lowest BCUT2D eigenvalue weighted by atomic mass is 10.1. The second-order valence-electron chi connectivity index (χ2n) is 7.25. The molecule has 2 amide bonds. The molecule has 4 heteroatoms. The summed E-state index contributed by atoms with van der Waals surface area (Å²) in [6, 6.07) is 7.75. The van der Waals surface area contributed by atoms with E-state index in [9.17, 15) is 9.59 Å². The molecule has 0 atom stereocenters. The van der Waals surface area contributed by atoms with Crippen LogP contribution in [-0.4, -0.2) is 29.3 Å². The van der Waals surface area contributed by atoms with Gasteiger partial charge in [0.1, 0.15) is 0 Å². The molecule has 2 aliphatic carbocycles. The van der Waals surface area contributed by atoms with E-state index >= 15 is 0 Å². The van der Waals surface area contributed by atoms with Crippen molar-refractivity contribution < 1.29 is 9.59 Å². The maximum absolute atomic E-state index is 12.7. The summed E-state index contributed by atoms with van der Waals surface area (Å²) in [5.74, 6) is 1.01. The predicted octanol–water partition coefficient (Wildman–Crippen LogP) is 3.69. The molecule has 2 fully saturated rings. The van der Waals surface area contributed by atoms with E-state index in [0.29, 0.717) is 17.5 Å². The molecular formula is C19H26N2O2. The molecule has 3 rings (SSSR count). The van der Waals surface area contributed by atoms with Gasteiger partial charge in [-0.2, -0.15) is 0 Å². The average molecular weight is 314 g/mol. The Morgan fingerprint density at radius 1 is 1.13 bits per heavy atom. The van der Waals surface area contributed by atoms with E-state index in [2.05, 4.69) is 19.2 Å². The van der Waals surface area contributed by atoms with Crippen LogP contribution in [0.4, 0.5) is 5.69 Å². The van der Waals surface area contributed by atoms with Crippen LogP contribution in [0.1, 0.15) is 56.3 Å². The standard InChI is InChI=1S/C19H26N2O2/c1-13(2)11-12-21(17-9-10-17)19(23)15-5-7-16(8-6-15)20-18(22)14-3-4-14/h5-8,13-14,17H,3-4,9-12H2,1-2H3,(H,20,22). The van der Waals surface area contributed by atoms with Crippen LogP contribution >= 0.6 is 0 Å². The number of nitrogens with zero attached hydrogens (tertiary/aromatic N) is 1. The third-order valence-corrected chi connectivity index (χ3v) is 4.54. The van der Waals surface area contributed by atoms with Crippen molar-refractivity contribution in [2.45, 2.75) is 52.0 Å². The van der Waals surface area contributed by atoms with Gasteiger partial charge < -0.3 is 10.2 Å². The van der Waals surface area contributed by atoms with Crippen molar-refractivity contribution in [1.29, 1.82) is 0 Å². The molecule has 124 valence electrons. The third kappa shape index (κ3) is 4.34. The van der Waals surface area contributed by atoms with E-state index in [1.54, 1.807) is 0 Å². The maximum atomic E-state index is 12.7. The normalized spacial score (nSPS) is 17.2. The maximum Gasteiger partial charge on any atom is 0.254 e. The molecule has 0 aliphatic heterocycles. The van der Waals surface area contributed by atoms with Gasteiger partial charge in [0.25, 0.3) is 5.91 Å². The molecule has 4 nitrogen and oxygen atoms in total. The van der Waals surface area contributed by atoms with E-state index in [1.165, 1.54) is 0 Å². The average Bonchev–Trinajstić information content (AvgIpc) is 3.39. The minimum absolute atomic E-state index is 0.0978. The molecule has 0 unspecified atom stereocenters. The van der Waals surface area contributed by atoms with Crippen molar-refractivity contribution in [2.75, 3.05) is 11.9 Å². The van der Waals surface area contributed by atoms with Gasteiger partial charge in [0.15, 0.2) is 0 Å². The lowest BCUT2D eigenvalue weighted by molar-refractivity contribution is -0.117. The van der Waals surface area contributed by atoms with Gasteiger partial charge in [-0.25, -0.2) is 0 Å². The molecule has 0 spiro atoms. The van der Waals surface area contributed by atoms with Crippen LogP contribution in [0.25, 0.3) is 0 Å². The SMILES string of the molecule is CC(C)CCN(C(=O)c1ccc(NC(=O)C2CC2)cc1)C1CC1. The lowest BCUT2D eigenvalue weighted by Crippen LogP contribution is -2.34. The molecule has 0 saturated heterocycles. The number of anilines is 1. The molecule has 1 aromatic carbocycles. The number of amides is 2. The van der Waals surface area contributed by atoms with E-state index in [1.807, 2.05) is 29.2 Å². The summed E-state index contributed by atoms with van der Waals surface area (Å²) in [6.45, 7) is 5.21. The van der Waals surface area contributed by atoms with Crippen LogP contribution in [0.3, 0.4) is 0 Å². The Balaban J connectivity index is 1.62. The van der Waals surface area contributed by atoms with Gasteiger partial charge in [-0.15, -0.1) is 0 Å². The van der Waals surface area contributed by atoms with Crippen molar-refractivity contribution >= 4 is 17.5 Å². The first-order valence-corrected chi connectivity index (χ1v) is 8.76. The van der Waals surface area contributed by atoms with Gasteiger partial charge in [0.2, 0.25) is 5.91 Å². The lowest BCUT2D eigenvalue weighted by Gasteiger charge is -2.23. The van der Waals surface area contributed by atoms with Crippen molar-refractivity contribution in [3.8, 4) is 0 Å². The van der Waals surface area contributed by atoms with Gasteiger partial charge in [-0.05, 0) is 62.3 Å². The number of carbonyl (C=O) groups excluding carboxylic acids is 2. The molecule has 0 heterocycles. The summed E-state index contributed by atoms with van der Waals surface area (Å²) in [5.41, 5.74) is 1.49. The molecular weight excluding hydrogens is 288 g/mol. The van der Waals surface area contributed by atoms with E-state index in [-0.39, 0.29) is 17.7 Å². The van der Waals surface area contributed by atoms with E-state index in [4.69, 9.17) is 0 Å². The number of rotatable bonds is 7. The minimum Gasteiger partial charge on any atom is -0.336 e. The molecule has 23 heavy (non-hydrogen) atoms. The summed E-state index contributed by atoms with van der Waals surface area (Å²) in [5, 5.41) is 2.91. The fourth-order valence-corrected chi connectivity index (χ4v) is 2.69. The van der Waals surface area contributed by atoms with E-state index < -0.39 is 0 Å². The quantitative estimate of drug-likeness (QED) is 0.834. The first-order chi connectivity index (χ1) is 11.0. The van der Waals surface area contributed by atoms with Crippen molar-refractivity contribution in [3.05, 3.63) is 29.8 Å². The molecule has 2 aliphatic rings. The van der Waals surface area contributed by atoms with Crippen LogP contribution in [0.2, 0.25) is 0 Å². The monoisotopic (exact) mass is 314 g/mol. The highest BCUT2D eigenvalue weighted by Gasteiger charge is 2.33. The van der Waals surface area contributed by atoms with Crippen LogP contribution in [0.5, 0.6) is 0 Å². The number of hydrogen-bond donors (Lipinski definition) is 1. The zero-order valence-corrected chi connectivity index (χ0v) is 14.0. The Morgan fingerprint density at radius 3 is 2.30 bits per heavy atom. The molecule has 2 saturated carbocycles. The van der Waals surface area contributed by atoms with Crippen molar-refractivity contribution in [3.63, 3.8) is 0 Å². The topological polar surface area (TPSA) is 49.4 Å². The third-order valence-electron chi connectivity index (χ3n) is 4.54. The molecule has 0 bridgehead atoms. The first-order valence-electron chi connectivity index (χ1n) is 8.76. The number of benzene rings is 1. The Morgan fingerprint density at radius 2 is 1.78 bits per heavy atom. The highest BCUT2D eigenvalue weighted by molar-refractivity contribution is 5.97. The summed E-state index contributed by atoms with van der Waals surface area (Å²) < 4.78 is 0. The fourth-order valence-electron chi connectivity index (χ4n) is 2.69. The summed E-state index contributed by atoms with van der Waals surface area (Å²) in [4.78, 5) is 26.5. The molecule has 0 aromatic heterocycles. The van der Waals surface area contributed by atoms with Gasteiger partial charge in [0, 0.05) is 29.8 Å². The summed E-state index contributed by atoms with van der Waals surface area (Å²) in [7, 11) is 0. The van der Waals surface area contributed by atoms with Crippen LogP contribution in [-0.2, 0) is 4.79 Å². The summed E-state index contributed by atoms with van der Waals surface area (Å²) >= 11 is 0. The second kappa shape index (κ2) is 6.73. The highest BCUT2D eigenvalue weighted by atomic mass is 16.2. The summed E-state index contributed by atoms with van der Waals surface area (Å²) in [6.07, 6.45) is 5.28. The van der Waals surface area contributed by atoms with Crippen LogP contribution in [0, 0.1) is 11.8 Å². The van der Waals surface area contributed by atoms with E-state index in [0.717, 1.165) is 44.3 Å². The zero-order valence-electron chi connectivity index (χ0n) is 14.0. The van der Waals surface area contributed by atoms with Crippen LogP contribution in [0.15, 0.2) is 24.3 Å². The largest absolute Gasteiger partial charge is 0.336 e. The highest BCUT2D eigenvalue weighted by Crippen LogP contribution is 2.31. The molecule has 1 aromatic rings. The second-order valence-corrected chi connectivity index (χ2v) is 7.25. The van der Waals surface area contributed by atoms with Gasteiger partial charge in [0.05, 0.1) is 0 Å². The van der Waals surface area contributed by atoms with Crippen LogP contribution < -0.4 is 5.32 Å². The van der Waals surface area contributed by atoms with Crippen molar-refractivity contribution in [2.24, 2.45) is 11.8 Å².